The minimum Gasteiger partial charge on any atom is -0.381 e. The SMILES string of the molecule is CC(C)N1CCN(c2cnc(-c3ccc(NC(=O)C4CCOCC4)cc3)cn2)CC1.Cl.Cl. The van der Waals surface area contributed by atoms with Crippen molar-refractivity contribution in [2.45, 2.75) is 32.7 Å². The molecule has 1 aromatic carbocycles. The van der Waals surface area contributed by atoms with Crippen molar-refractivity contribution < 1.29 is 9.53 Å². The van der Waals surface area contributed by atoms with Crippen molar-refractivity contribution >= 4 is 42.2 Å². The van der Waals surface area contributed by atoms with E-state index in [0.29, 0.717) is 19.3 Å². The zero-order valence-corrected chi connectivity index (χ0v) is 20.3. The van der Waals surface area contributed by atoms with Gasteiger partial charge < -0.3 is 15.0 Å². The van der Waals surface area contributed by atoms with Crippen LogP contribution in [0, 0.1) is 5.92 Å². The van der Waals surface area contributed by atoms with Gasteiger partial charge in [0.05, 0.1) is 18.1 Å². The van der Waals surface area contributed by atoms with Gasteiger partial charge in [-0.1, -0.05) is 12.1 Å². The summed E-state index contributed by atoms with van der Waals surface area (Å²) in [5.74, 6) is 1.05. The van der Waals surface area contributed by atoms with Gasteiger partial charge in [-0.2, -0.15) is 0 Å². The Balaban J connectivity index is 0.00000181. The largest absolute Gasteiger partial charge is 0.381 e. The lowest BCUT2D eigenvalue weighted by Gasteiger charge is -2.37. The molecular weight excluding hydrogens is 449 g/mol. The third-order valence-electron chi connectivity index (χ3n) is 6.05. The summed E-state index contributed by atoms with van der Waals surface area (Å²) in [5, 5.41) is 3.01. The van der Waals surface area contributed by atoms with E-state index in [1.54, 1.807) is 0 Å². The van der Waals surface area contributed by atoms with Gasteiger partial charge in [0.1, 0.15) is 5.82 Å². The van der Waals surface area contributed by atoms with Crippen LogP contribution in [0.2, 0.25) is 0 Å². The lowest BCUT2D eigenvalue weighted by atomic mass is 9.99. The first-order chi connectivity index (χ1) is 14.6. The maximum absolute atomic E-state index is 12.4. The molecule has 0 spiro atoms. The molecule has 0 saturated carbocycles. The molecule has 2 aromatic rings. The minimum absolute atomic E-state index is 0. The van der Waals surface area contributed by atoms with Crippen LogP contribution in [0.1, 0.15) is 26.7 Å². The van der Waals surface area contributed by atoms with E-state index < -0.39 is 0 Å². The number of piperazine rings is 1. The van der Waals surface area contributed by atoms with Crippen molar-refractivity contribution in [1.82, 2.24) is 14.9 Å². The Labute approximate surface area is 202 Å². The zero-order valence-electron chi connectivity index (χ0n) is 18.7. The molecule has 7 nitrogen and oxygen atoms in total. The predicted molar refractivity (Wildman–Crippen MR) is 133 cm³/mol. The number of amides is 1. The number of carbonyl (C=O) groups excluding carboxylic acids is 1. The van der Waals surface area contributed by atoms with E-state index in [2.05, 4.69) is 38.9 Å². The summed E-state index contributed by atoms with van der Waals surface area (Å²) >= 11 is 0. The smallest absolute Gasteiger partial charge is 0.227 e. The number of aromatic nitrogens is 2. The van der Waals surface area contributed by atoms with Gasteiger partial charge >= 0.3 is 0 Å². The van der Waals surface area contributed by atoms with Crippen molar-refractivity contribution in [3.63, 3.8) is 0 Å². The van der Waals surface area contributed by atoms with Gasteiger partial charge in [-0.15, -0.1) is 24.8 Å². The first-order valence-corrected chi connectivity index (χ1v) is 10.9. The molecule has 0 atom stereocenters. The zero-order chi connectivity index (χ0) is 20.9. The summed E-state index contributed by atoms with van der Waals surface area (Å²) in [7, 11) is 0. The number of rotatable bonds is 5. The van der Waals surface area contributed by atoms with Crippen LogP contribution in [0.4, 0.5) is 11.5 Å². The number of carbonyl (C=O) groups is 1. The van der Waals surface area contributed by atoms with E-state index in [1.807, 2.05) is 36.7 Å². The van der Waals surface area contributed by atoms with Crippen LogP contribution >= 0.6 is 24.8 Å². The normalized spacial score (nSPS) is 17.4. The summed E-state index contributed by atoms with van der Waals surface area (Å²) in [4.78, 5) is 26.4. The molecule has 0 radical (unpaired) electrons. The summed E-state index contributed by atoms with van der Waals surface area (Å²) in [6.45, 7) is 9.89. The maximum atomic E-state index is 12.4. The van der Waals surface area contributed by atoms with Gasteiger partial charge in [0, 0.05) is 62.6 Å². The van der Waals surface area contributed by atoms with Crippen molar-refractivity contribution in [3.8, 4) is 11.3 Å². The molecule has 1 amide bonds. The fourth-order valence-corrected chi connectivity index (χ4v) is 4.03. The average Bonchev–Trinajstić information content (AvgIpc) is 2.80. The van der Waals surface area contributed by atoms with Crippen LogP contribution in [0.3, 0.4) is 0 Å². The highest BCUT2D eigenvalue weighted by Gasteiger charge is 2.22. The number of benzene rings is 1. The Morgan fingerprint density at radius 3 is 2.22 bits per heavy atom. The molecule has 2 fully saturated rings. The van der Waals surface area contributed by atoms with Crippen LogP contribution in [0.15, 0.2) is 36.7 Å². The topological polar surface area (TPSA) is 70.6 Å². The standard InChI is InChI=1S/C23H31N5O2.2ClH/c1-17(2)27-9-11-28(12-10-27)22-16-24-21(15-25-22)18-3-5-20(6-4-18)26-23(29)19-7-13-30-14-8-19;;/h3-6,15-17,19H,7-14H2,1-2H3,(H,26,29);2*1H. The number of halogens is 2. The molecule has 0 aliphatic carbocycles. The van der Waals surface area contributed by atoms with Gasteiger partial charge in [-0.25, -0.2) is 4.98 Å². The van der Waals surface area contributed by atoms with Crippen LogP contribution in [0.5, 0.6) is 0 Å². The second-order valence-electron chi connectivity index (χ2n) is 8.33. The van der Waals surface area contributed by atoms with E-state index in [-0.39, 0.29) is 36.6 Å². The predicted octanol–water partition coefficient (Wildman–Crippen LogP) is 3.88. The molecule has 0 unspecified atom stereocenters. The Hall–Kier alpha value is -1.93. The molecule has 4 rings (SSSR count). The molecule has 2 aliphatic rings. The second kappa shape index (κ2) is 12.3. The minimum atomic E-state index is 0. The van der Waals surface area contributed by atoms with Crippen molar-refractivity contribution in [1.29, 1.82) is 0 Å². The number of ether oxygens (including phenoxy) is 1. The number of nitrogens with zero attached hydrogens (tertiary/aromatic N) is 4. The molecule has 1 aromatic heterocycles. The summed E-state index contributed by atoms with van der Waals surface area (Å²) < 4.78 is 5.33. The summed E-state index contributed by atoms with van der Waals surface area (Å²) in [6, 6.07) is 8.39. The third kappa shape index (κ3) is 6.54. The van der Waals surface area contributed by atoms with E-state index in [0.717, 1.165) is 61.8 Å². The Morgan fingerprint density at radius 1 is 1.00 bits per heavy atom. The average molecular weight is 482 g/mol. The van der Waals surface area contributed by atoms with E-state index in [9.17, 15) is 4.79 Å². The Morgan fingerprint density at radius 2 is 1.66 bits per heavy atom. The molecule has 9 heteroatoms. The third-order valence-corrected chi connectivity index (χ3v) is 6.05. The summed E-state index contributed by atoms with van der Waals surface area (Å²) in [5.41, 5.74) is 2.63. The number of hydrogen-bond donors (Lipinski definition) is 1. The lowest BCUT2D eigenvalue weighted by molar-refractivity contribution is -0.122. The van der Waals surface area contributed by atoms with Crippen LogP contribution < -0.4 is 10.2 Å². The van der Waals surface area contributed by atoms with Crippen LogP contribution in [0.25, 0.3) is 11.3 Å². The highest BCUT2D eigenvalue weighted by molar-refractivity contribution is 5.92. The fraction of sp³-hybridized carbons (Fsp3) is 0.522. The number of anilines is 2. The highest BCUT2D eigenvalue weighted by atomic mass is 35.5. The molecular formula is C23H33Cl2N5O2. The molecule has 3 heterocycles. The molecule has 1 N–H and O–H groups in total. The molecule has 2 saturated heterocycles. The van der Waals surface area contributed by atoms with Crippen molar-refractivity contribution in [2.24, 2.45) is 5.92 Å². The monoisotopic (exact) mass is 481 g/mol. The molecule has 176 valence electrons. The first-order valence-electron chi connectivity index (χ1n) is 10.9. The van der Waals surface area contributed by atoms with E-state index >= 15 is 0 Å². The highest BCUT2D eigenvalue weighted by Crippen LogP contribution is 2.22. The fourth-order valence-electron chi connectivity index (χ4n) is 4.03. The number of nitrogens with one attached hydrogen (secondary N) is 1. The van der Waals surface area contributed by atoms with Gasteiger partial charge in [-0.3, -0.25) is 14.7 Å². The Bertz CT molecular complexity index is 834. The van der Waals surface area contributed by atoms with Crippen molar-refractivity contribution in [3.05, 3.63) is 36.7 Å². The quantitative estimate of drug-likeness (QED) is 0.698. The number of hydrogen-bond acceptors (Lipinski definition) is 6. The van der Waals surface area contributed by atoms with Gasteiger partial charge in [0.2, 0.25) is 5.91 Å². The van der Waals surface area contributed by atoms with Gasteiger partial charge in [0.25, 0.3) is 0 Å². The van der Waals surface area contributed by atoms with Crippen LogP contribution in [-0.4, -0.2) is 66.2 Å². The maximum Gasteiger partial charge on any atom is 0.227 e. The Kier molecular flexibility index (Phi) is 10.2. The molecule has 2 aliphatic heterocycles. The van der Waals surface area contributed by atoms with Gasteiger partial charge in [0.15, 0.2) is 0 Å². The van der Waals surface area contributed by atoms with Crippen molar-refractivity contribution in [2.75, 3.05) is 49.6 Å². The molecule has 0 bridgehead atoms. The summed E-state index contributed by atoms with van der Waals surface area (Å²) in [6.07, 6.45) is 5.28. The van der Waals surface area contributed by atoms with Gasteiger partial charge in [-0.05, 0) is 38.8 Å². The van der Waals surface area contributed by atoms with Crippen LogP contribution in [-0.2, 0) is 9.53 Å². The van der Waals surface area contributed by atoms with E-state index in [1.165, 1.54) is 0 Å². The second-order valence-corrected chi connectivity index (χ2v) is 8.33. The van der Waals surface area contributed by atoms with E-state index in [4.69, 9.17) is 4.74 Å². The lowest BCUT2D eigenvalue weighted by Crippen LogP contribution is -2.49. The first kappa shape index (κ1) is 26.3. The molecule has 32 heavy (non-hydrogen) atoms.